The molecule has 138 valence electrons. The van der Waals surface area contributed by atoms with Gasteiger partial charge in [-0.05, 0) is 18.6 Å². The first kappa shape index (κ1) is 17.9. The zero-order valence-corrected chi connectivity index (χ0v) is 16.2. The number of aromatic nitrogens is 1. The molecular formula is C19H23ClN4OS. The number of thiazole rings is 1. The lowest BCUT2D eigenvalue weighted by molar-refractivity contribution is -0.129. The molecule has 7 heteroatoms. The summed E-state index contributed by atoms with van der Waals surface area (Å²) in [4.78, 5) is 21.8. The van der Waals surface area contributed by atoms with Crippen molar-refractivity contribution < 1.29 is 4.79 Å². The van der Waals surface area contributed by atoms with Crippen molar-refractivity contribution in [1.29, 1.82) is 0 Å². The van der Waals surface area contributed by atoms with E-state index in [4.69, 9.17) is 11.6 Å². The molecule has 3 heterocycles. The van der Waals surface area contributed by atoms with E-state index in [1.165, 1.54) is 0 Å². The van der Waals surface area contributed by atoms with Crippen molar-refractivity contribution in [2.75, 3.05) is 39.3 Å². The van der Waals surface area contributed by atoms with Gasteiger partial charge in [0.15, 0.2) is 0 Å². The first-order chi connectivity index (χ1) is 12.7. The number of likely N-dealkylation sites (tertiary alicyclic amines) is 1. The zero-order chi connectivity index (χ0) is 17.9. The Kier molecular flexibility index (Phi) is 5.55. The molecule has 2 saturated heterocycles. The van der Waals surface area contributed by atoms with E-state index in [9.17, 15) is 4.79 Å². The second kappa shape index (κ2) is 8.05. The molecule has 1 N–H and O–H groups in total. The number of halogens is 1. The predicted octanol–water partition coefficient (Wildman–Crippen LogP) is 2.51. The molecule has 2 aromatic rings. The third-order valence-electron chi connectivity index (χ3n) is 5.16. The maximum Gasteiger partial charge on any atom is 0.228 e. The Labute approximate surface area is 163 Å². The quantitative estimate of drug-likeness (QED) is 0.871. The number of hydrogen-bond acceptors (Lipinski definition) is 5. The number of nitrogens with zero attached hydrogens (tertiary/aromatic N) is 3. The van der Waals surface area contributed by atoms with E-state index >= 15 is 0 Å². The van der Waals surface area contributed by atoms with Gasteiger partial charge in [0.05, 0.1) is 12.1 Å². The Morgan fingerprint density at radius 2 is 2.00 bits per heavy atom. The van der Waals surface area contributed by atoms with Gasteiger partial charge < -0.3 is 10.2 Å². The lowest BCUT2D eigenvalue weighted by Crippen LogP contribution is -2.49. The minimum atomic E-state index is 0.190. The second-order valence-corrected chi connectivity index (χ2v) is 8.19. The van der Waals surface area contributed by atoms with E-state index in [-0.39, 0.29) is 5.91 Å². The number of rotatable bonds is 4. The highest BCUT2D eigenvalue weighted by Crippen LogP contribution is 2.26. The van der Waals surface area contributed by atoms with Gasteiger partial charge in [-0.2, -0.15) is 0 Å². The molecule has 26 heavy (non-hydrogen) atoms. The average molecular weight is 391 g/mol. The van der Waals surface area contributed by atoms with Crippen LogP contribution in [0.3, 0.4) is 0 Å². The van der Waals surface area contributed by atoms with Gasteiger partial charge in [0.2, 0.25) is 5.91 Å². The van der Waals surface area contributed by atoms with E-state index in [1.54, 1.807) is 11.3 Å². The zero-order valence-electron chi connectivity index (χ0n) is 14.7. The van der Waals surface area contributed by atoms with Crippen LogP contribution < -0.4 is 5.32 Å². The van der Waals surface area contributed by atoms with E-state index in [1.807, 2.05) is 34.5 Å². The topological polar surface area (TPSA) is 48.5 Å². The van der Waals surface area contributed by atoms with Crippen LogP contribution in [-0.2, 0) is 11.2 Å². The van der Waals surface area contributed by atoms with Gasteiger partial charge in [0.25, 0.3) is 0 Å². The molecule has 1 aromatic carbocycles. The van der Waals surface area contributed by atoms with Gasteiger partial charge in [-0.25, -0.2) is 4.98 Å². The molecule has 1 unspecified atom stereocenters. The number of nitrogens with one attached hydrogen (secondary N) is 1. The third kappa shape index (κ3) is 4.09. The molecule has 0 radical (unpaired) electrons. The minimum Gasteiger partial charge on any atom is -0.341 e. The number of carbonyl (C=O) groups is 1. The van der Waals surface area contributed by atoms with Crippen molar-refractivity contribution in [2.45, 2.75) is 18.9 Å². The number of benzene rings is 1. The highest BCUT2D eigenvalue weighted by Gasteiger charge is 2.31. The Hall–Kier alpha value is -1.47. The van der Waals surface area contributed by atoms with Crippen molar-refractivity contribution in [1.82, 2.24) is 20.1 Å². The van der Waals surface area contributed by atoms with Crippen molar-refractivity contribution >= 4 is 28.8 Å². The van der Waals surface area contributed by atoms with E-state index in [2.05, 4.69) is 15.2 Å². The lowest BCUT2D eigenvalue weighted by Gasteiger charge is -2.32. The fourth-order valence-electron chi connectivity index (χ4n) is 3.69. The highest BCUT2D eigenvalue weighted by atomic mass is 35.5. The minimum absolute atomic E-state index is 0.190. The Bertz CT molecular complexity index is 757. The standard InChI is InChI=1S/C19H23ClN4OS/c20-15-3-1-14(2-4-15)19-22-16(13-26-19)11-18(25)24-8-5-17(12-24)23-9-6-21-7-10-23/h1-4,13,17,21H,5-12H2. The van der Waals surface area contributed by atoms with Crippen LogP contribution in [0.5, 0.6) is 0 Å². The van der Waals surface area contributed by atoms with Crippen LogP contribution in [0.15, 0.2) is 29.6 Å². The van der Waals surface area contributed by atoms with Gasteiger partial charge >= 0.3 is 0 Å². The summed E-state index contributed by atoms with van der Waals surface area (Å²) in [6.07, 6.45) is 1.47. The molecule has 0 spiro atoms. The van der Waals surface area contributed by atoms with Crippen molar-refractivity contribution in [3.8, 4) is 10.6 Å². The van der Waals surface area contributed by atoms with Crippen LogP contribution >= 0.6 is 22.9 Å². The normalized spacial score (nSPS) is 21.3. The maximum atomic E-state index is 12.7. The largest absolute Gasteiger partial charge is 0.341 e. The molecule has 4 rings (SSSR count). The number of piperazine rings is 1. The molecule has 5 nitrogen and oxygen atoms in total. The summed E-state index contributed by atoms with van der Waals surface area (Å²) in [5.41, 5.74) is 1.90. The van der Waals surface area contributed by atoms with Crippen LogP contribution in [0, 0.1) is 0 Å². The lowest BCUT2D eigenvalue weighted by atomic mass is 10.2. The Morgan fingerprint density at radius 1 is 1.23 bits per heavy atom. The van der Waals surface area contributed by atoms with Gasteiger partial charge in [0.1, 0.15) is 5.01 Å². The van der Waals surface area contributed by atoms with Gasteiger partial charge in [-0.15, -0.1) is 11.3 Å². The summed E-state index contributed by atoms with van der Waals surface area (Å²) in [5.74, 6) is 0.190. The van der Waals surface area contributed by atoms with Crippen LogP contribution in [0.2, 0.25) is 5.02 Å². The number of amides is 1. The van der Waals surface area contributed by atoms with Crippen LogP contribution in [0.25, 0.3) is 10.6 Å². The maximum absolute atomic E-state index is 12.7. The molecule has 1 amide bonds. The van der Waals surface area contributed by atoms with Crippen molar-refractivity contribution in [2.24, 2.45) is 0 Å². The molecule has 1 atom stereocenters. The summed E-state index contributed by atoms with van der Waals surface area (Å²) in [6, 6.07) is 8.17. The van der Waals surface area contributed by atoms with E-state index in [0.29, 0.717) is 17.5 Å². The summed E-state index contributed by atoms with van der Waals surface area (Å²) in [6.45, 7) is 5.99. The second-order valence-electron chi connectivity index (χ2n) is 6.90. The fraction of sp³-hybridized carbons (Fsp3) is 0.474. The molecule has 0 saturated carbocycles. The summed E-state index contributed by atoms with van der Waals surface area (Å²) < 4.78 is 0. The van der Waals surface area contributed by atoms with E-state index < -0.39 is 0 Å². The summed E-state index contributed by atoms with van der Waals surface area (Å²) >= 11 is 7.52. The van der Waals surface area contributed by atoms with Gasteiger partial charge in [0, 0.05) is 61.3 Å². The first-order valence-electron chi connectivity index (χ1n) is 9.12. The van der Waals surface area contributed by atoms with Crippen LogP contribution in [0.1, 0.15) is 12.1 Å². The molecule has 0 aliphatic carbocycles. The Morgan fingerprint density at radius 3 is 2.77 bits per heavy atom. The fourth-order valence-corrected chi connectivity index (χ4v) is 4.65. The molecule has 0 bridgehead atoms. The molecular weight excluding hydrogens is 368 g/mol. The first-order valence-corrected chi connectivity index (χ1v) is 10.4. The number of carbonyl (C=O) groups excluding carboxylic acids is 1. The SMILES string of the molecule is O=C(Cc1csc(-c2ccc(Cl)cc2)n1)N1CCC(N2CCNCC2)C1. The smallest absolute Gasteiger partial charge is 0.228 e. The third-order valence-corrected chi connectivity index (χ3v) is 6.35. The molecule has 2 aliphatic heterocycles. The van der Waals surface area contributed by atoms with Gasteiger partial charge in [-0.3, -0.25) is 9.69 Å². The highest BCUT2D eigenvalue weighted by molar-refractivity contribution is 7.13. The van der Waals surface area contributed by atoms with Gasteiger partial charge in [-0.1, -0.05) is 23.7 Å². The molecule has 1 aromatic heterocycles. The van der Waals surface area contributed by atoms with E-state index in [0.717, 1.165) is 62.0 Å². The van der Waals surface area contributed by atoms with Crippen molar-refractivity contribution in [3.63, 3.8) is 0 Å². The summed E-state index contributed by atoms with van der Waals surface area (Å²) in [5, 5.41) is 7.03. The average Bonchev–Trinajstić information content (AvgIpc) is 3.33. The number of hydrogen-bond donors (Lipinski definition) is 1. The van der Waals surface area contributed by atoms with Crippen molar-refractivity contribution in [3.05, 3.63) is 40.4 Å². The molecule has 2 aliphatic rings. The molecule has 2 fully saturated rings. The predicted molar refractivity (Wildman–Crippen MR) is 106 cm³/mol. The summed E-state index contributed by atoms with van der Waals surface area (Å²) in [7, 11) is 0. The monoisotopic (exact) mass is 390 g/mol. The van der Waals surface area contributed by atoms with Crippen LogP contribution in [0.4, 0.5) is 0 Å². The Balaban J connectivity index is 1.34. The van der Waals surface area contributed by atoms with Crippen LogP contribution in [-0.4, -0.2) is 66.0 Å².